The first-order chi connectivity index (χ1) is 21.4. The van der Waals surface area contributed by atoms with E-state index in [-0.39, 0.29) is 20.4 Å². The quantitative estimate of drug-likeness (QED) is 0.158. The van der Waals surface area contributed by atoms with Crippen LogP contribution in [0.2, 0.25) is 0 Å². The zero-order chi connectivity index (χ0) is 29.4. The Kier molecular flexibility index (Phi) is 14.9. The fraction of sp³-hybridized carbons (Fsp3) is 0. The first-order valence-corrected chi connectivity index (χ1v) is 23.2. The summed E-state index contributed by atoms with van der Waals surface area (Å²) in [6, 6.07) is 75.9. The molecule has 0 N–H and O–H groups in total. The number of benzene rings is 6. The molecule has 0 aliphatic heterocycles. The summed E-state index contributed by atoms with van der Waals surface area (Å²) in [6.07, 6.45) is 0. The van der Waals surface area contributed by atoms with E-state index in [1.807, 2.05) is 30.3 Å². The molecule has 7 aromatic rings. The molecular weight excluding hydrogens is 842 g/mol. The first-order valence-electron chi connectivity index (χ1n) is 14.6. The van der Waals surface area contributed by atoms with Crippen LogP contribution >= 0.6 is 0 Å². The SMILES string of the molecule is [Pd].c1cc[cH-]c1.c1cc[c]([SbH]([c]2ccccc2)[c]2ccccc2)cc1.c1cc[c]([SbH]([c]2ccccc2)[c]2ccccc2)cc1. The molecule has 44 heavy (non-hydrogen) atoms. The van der Waals surface area contributed by atoms with Crippen LogP contribution in [0.3, 0.4) is 0 Å². The van der Waals surface area contributed by atoms with Crippen molar-refractivity contribution < 1.29 is 20.4 Å². The molecule has 0 aliphatic carbocycles. The van der Waals surface area contributed by atoms with Gasteiger partial charge in [0.15, 0.2) is 0 Å². The standard InChI is InChI=1S/6C6H5.C5H5.Pd.2Sb.2H/c6*1-2-4-6-5-3-1;1-2-4-5-3-1;;;;;/h6*1-5H;1-5H;;;;;/q;;;;;;-1;;;;;. The molecule has 222 valence electrons. The van der Waals surface area contributed by atoms with Gasteiger partial charge in [-0.3, -0.25) is 0 Å². The molecule has 0 nitrogen and oxygen atoms in total. The maximum atomic E-state index is 2.29. The van der Waals surface area contributed by atoms with Crippen molar-refractivity contribution in [2.75, 3.05) is 0 Å². The average molecular weight is 880 g/mol. The average Bonchev–Trinajstić information content (AvgIpc) is 3.69. The van der Waals surface area contributed by atoms with Gasteiger partial charge in [0.05, 0.1) is 0 Å². The molecule has 0 heterocycles. The van der Waals surface area contributed by atoms with E-state index in [0.29, 0.717) is 0 Å². The number of rotatable bonds is 6. The zero-order valence-corrected chi connectivity index (χ0v) is 31.8. The van der Waals surface area contributed by atoms with Gasteiger partial charge in [-0.15, -0.1) is 0 Å². The molecule has 0 fully saturated rings. The van der Waals surface area contributed by atoms with Crippen molar-refractivity contribution in [3.63, 3.8) is 0 Å². The number of hydrogen-bond donors (Lipinski definition) is 0. The molecule has 0 aromatic heterocycles. The normalized spacial score (nSPS) is 10.0. The fourth-order valence-electron chi connectivity index (χ4n) is 4.95. The van der Waals surface area contributed by atoms with Gasteiger partial charge in [-0.25, -0.2) is 12.1 Å². The minimum atomic E-state index is -1.98. The van der Waals surface area contributed by atoms with E-state index in [2.05, 4.69) is 182 Å². The third kappa shape index (κ3) is 10.3. The zero-order valence-electron chi connectivity index (χ0n) is 24.5. The predicted octanol–water partition coefficient (Wildman–Crippen LogP) is 5.27. The summed E-state index contributed by atoms with van der Waals surface area (Å²) in [5.74, 6) is 0. The van der Waals surface area contributed by atoms with Crippen molar-refractivity contribution in [2.45, 2.75) is 0 Å². The topological polar surface area (TPSA) is 0 Å². The molecule has 0 unspecified atom stereocenters. The van der Waals surface area contributed by atoms with Gasteiger partial charge in [-0.2, -0.15) is 18.2 Å². The summed E-state index contributed by atoms with van der Waals surface area (Å²) in [5.41, 5.74) is 0. The molecule has 0 amide bonds. The van der Waals surface area contributed by atoms with Gasteiger partial charge in [0.1, 0.15) is 0 Å². The summed E-state index contributed by atoms with van der Waals surface area (Å²) in [7, 11) is 0. The molecule has 0 spiro atoms. The van der Waals surface area contributed by atoms with Gasteiger partial charge >= 0.3 is 243 Å². The van der Waals surface area contributed by atoms with Crippen LogP contribution in [-0.2, 0) is 20.4 Å². The third-order valence-electron chi connectivity index (χ3n) is 6.93. The second-order valence-electron chi connectivity index (χ2n) is 9.91. The summed E-state index contributed by atoms with van der Waals surface area (Å²) in [6.45, 7) is 0. The van der Waals surface area contributed by atoms with Crippen LogP contribution in [0.4, 0.5) is 0 Å². The maximum absolute atomic E-state index is 2.29. The molecule has 2 radical (unpaired) electrons. The predicted molar refractivity (Wildman–Crippen MR) is 193 cm³/mol. The van der Waals surface area contributed by atoms with Gasteiger partial charge in [0, 0.05) is 20.4 Å². The summed E-state index contributed by atoms with van der Waals surface area (Å²) >= 11 is -3.96. The summed E-state index contributed by atoms with van der Waals surface area (Å²) < 4.78 is 9.18. The van der Waals surface area contributed by atoms with Crippen molar-refractivity contribution in [3.8, 4) is 0 Å². The minimum absolute atomic E-state index is 0. The van der Waals surface area contributed by atoms with Crippen molar-refractivity contribution in [1.29, 1.82) is 0 Å². The van der Waals surface area contributed by atoms with Crippen LogP contribution in [0.25, 0.3) is 0 Å². The van der Waals surface area contributed by atoms with Crippen LogP contribution in [0, 0.1) is 0 Å². The van der Waals surface area contributed by atoms with Gasteiger partial charge in [0.25, 0.3) is 0 Å². The summed E-state index contributed by atoms with van der Waals surface area (Å²) in [5, 5.41) is 0. The van der Waals surface area contributed by atoms with E-state index in [0.717, 1.165) is 0 Å². The Balaban J connectivity index is 0.000000170. The Bertz CT molecular complexity index is 1350. The van der Waals surface area contributed by atoms with Gasteiger partial charge in [0.2, 0.25) is 0 Å². The molecule has 0 saturated heterocycles. The fourth-order valence-corrected chi connectivity index (χ4v) is 19.7. The van der Waals surface area contributed by atoms with Gasteiger partial charge in [-0.05, 0) is 0 Å². The molecule has 0 aliphatic rings. The van der Waals surface area contributed by atoms with Gasteiger partial charge in [-0.1, -0.05) is 0 Å². The molecule has 3 heteroatoms. The van der Waals surface area contributed by atoms with E-state index in [4.69, 9.17) is 0 Å². The van der Waals surface area contributed by atoms with Crippen molar-refractivity contribution in [1.82, 2.24) is 0 Å². The van der Waals surface area contributed by atoms with E-state index in [9.17, 15) is 0 Å². The van der Waals surface area contributed by atoms with Crippen LogP contribution in [0.15, 0.2) is 212 Å². The second-order valence-corrected chi connectivity index (χ2v) is 24.1. The Labute approximate surface area is 291 Å². The van der Waals surface area contributed by atoms with E-state index in [1.165, 1.54) is 21.1 Å². The molecule has 7 aromatic carbocycles. The molecule has 7 rings (SSSR count). The molecule has 0 atom stereocenters. The Morgan fingerprint density at radius 3 is 0.568 bits per heavy atom. The van der Waals surface area contributed by atoms with Crippen LogP contribution < -0.4 is 21.1 Å². The van der Waals surface area contributed by atoms with Crippen LogP contribution in [-0.4, -0.2) is 40.4 Å². The van der Waals surface area contributed by atoms with Crippen molar-refractivity contribution >= 4 is 61.5 Å². The van der Waals surface area contributed by atoms with Crippen molar-refractivity contribution in [3.05, 3.63) is 212 Å². The molecule has 0 bridgehead atoms. The first kappa shape index (κ1) is 33.9. The Morgan fingerprint density at radius 2 is 0.432 bits per heavy atom. The van der Waals surface area contributed by atoms with Crippen molar-refractivity contribution in [2.24, 2.45) is 0 Å². The Morgan fingerprint density at radius 1 is 0.250 bits per heavy atom. The monoisotopic (exact) mass is 877 g/mol. The number of hydrogen-bond acceptors (Lipinski definition) is 0. The van der Waals surface area contributed by atoms with E-state index < -0.39 is 40.4 Å². The molecule has 0 saturated carbocycles. The summed E-state index contributed by atoms with van der Waals surface area (Å²) in [4.78, 5) is 0. The third-order valence-corrected chi connectivity index (χ3v) is 22.5. The Hall–Kier alpha value is -3.03. The van der Waals surface area contributed by atoms with Gasteiger partial charge < -0.3 is 0 Å². The second kappa shape index (κ2) is 19.4. The van der Waals surface area contributed by atoms with E-state index in [1.54, 1.807) is 0 Å². The van der Waals surface area contributed by atoms with Crippen LogP contribution in [0.5, 0.6) is 0 Å². The molecular formula is C41H37PdSb2-. The van der Waals surface area contributed by atoms with Crippen LogP contribution in [0.1, 0.15) is 0 Å². The van der Waals surface area contributed by atoms with E-state index >= 15 is 0 Å².